The van der Waals surface area contributed by atoms with Gasteiger partial charge in [-0.1, -0.05) is 0 Å². The third-order valence-corrected chi connectivity index (χ3v) is 3.02. The van der Waals surface area contributed by atoms with Crippen molar-refractivity contribution in [2.75, 3.05) is 5.75 Å². The fraction of sp³-hybridized carbons (Fsp3) is 0.571. The SMILES string of the molecule is O=C(C[CH2][Po])SCCc1ncno1. The zero-order chi connectivity index (χ0) is 9.52. The van der Waals surface area contributed by atoms with E-state index < -0.39 is 0 Å². The zero-order valence-electron chi connectivity index (χ0n) is 6.93. The van der Waals surface area contributed by atoms with Crippen molar-refractivity contribution in [3.8, 4) is 0 Å². The first-order chi connectivity index (χ1) is 6.33. The summed E-state index contributed by atoms with van der Waals surface area (Å²) in [6, 6.07) is 0. The maximum atomic E-state index is 11.1. The molecule has 6 heteroatoms. The predicted octanol–water partition coefficient (Wildman–Crippen LogP) is 0.849. The molecule has 0 saturated heterocycles. The maximum absolute atomic E-state index is 11.1. The van der Waals surface area contributed by atoms with Crippen LogP contribution < -0.4 is 0 Å². The standard InChI is InChI=1S/C7H9N2O2S.Po/c1-2-7(10)12-4-3-6-8-5-9-11-6;/h5H,1-4H2;. The van der Waals surface area contributed by atoms with Crippen LogP contribution >= 0.6 is 11.8 Å². The topological polar surface area (TPSA) is 56.0 Å². The van der Waals surface area contributed by atoms with Crippen molar-refractivity contribution in [1.82, 2.24) is 10.1 Å². The van der Waals surface area contributed by atoms with Gasteiger partial charge in [0.1, 0.15) is 0 Å². The van der Waals surface area contributed by atoms with Crippen molar-refractivity contribution in [3.05, 3.63) is 12.2 Å². The molecule has 0 unspecified atom stereocenters. The molecule has 1 aromatic heterocycles. The molecule has 0 aliphatic rings. The van der Waals surface area contributed by atoms with Gasteiger partial charge in [0.05, 0.1) is 0 Å². The average Bonchev–Trinajstić information content (AvgIpc) is 2.57. The van der Waals surface area contributed by atoms with Gasteiger partial charge >= 0.3 is 96.3 Å². The molecule has 0 atom stereocenters. The fourth-order valence-electron chi connectivity index (χ4n) is 0.714. The van der Waals surface area contributed by atoms with E-state index in [1.807, 2.05) is 0 Å². The van der Waals surface area contributed by atoms with E-state index in [2.05, 4.69) is 10.1 Å². The van der Waals surface area contributed by atoms with Gasteiger partial charge in [-0.2, -0.15) is 0 Å². The molecule has 0 aliphatic heterocycles. The van der Waals surface area contributed by atoms with Crippen LogP contribution in [0, 0.1) is 0 Å². The van der Waals surface area contributed by atoms with E-state index in [0.717, 1.165) is 9.83 Å². The number of thioether (sulfide) groups is 1. The van der Waals surface area contributed by atoms with Crippen molar-refractivity contribution in [2.45, 2.75) is 16.9 Å². The predicted molar refractivity (Wildman–Crippen MR) is 50.6 cm³/mol. The Labute approximate surface area is 96.0 Å². The third-order valence-electron chi connectivity index (χ3n) is 1.29. The summed E-state index contributed by atoms with van der Waals surface area (Å²) < 4.78 is 5.79. The van der Waals surface area contributed by atoms with Gasteiger partial charge in [-0.15, -0.1) is 0 Å². The molecule has 1 aromatic rings. The molecule has 0 amide bonds. The van der Waals surface area contributed by atoms with Gasteiger partial charge in [-0.3, -0.25) is 0 Å². The number of rotatable bonds is 5. The zero-order valence-corrected chi connectivity index (χ0v) is 10.9. The summed E-state index contributed by atoms with van der Waals surface area (Å²) >= 11 is 2.81. The van der Waals surface area contributed by atoms with E-state index in [1.54, 1.807) is 0 Å². The van der Waals surface area contributed by atoms with Crippen LogP contribution in [0.2, 0.25) is 4.08 Å². The Hall–Kier alpha value is 0.0561. The summed E-state index contributed by atoms with van der Waals surface area (Å²) in [5.74, 6) is 1.33. The monoisotopic (exact) mass is 394 g/mol. The van der Waals surface area contributed by atoms with E-state index in [-0.39, 0.29) is 5.12 Å². The van der Waals surface area contributed by atoms with Crippen molar-refractivity contribution >= 4 is 41.9 Å². The molecule has 0 fully saturated rings. The number of hydrogen-bond acceptors (Lipinski definition) is 5. The van der Waals surface area contributed by atoms with Crippen LogP contribution in [-0.4, -0.2) is 46.1 Å². The Kier molecular flexibility index (Phi) is 5.57. The summed E-state index contributed by atoms with van der Waals surface area (Å²) in [6.07, 6.45) is 2.73. The molecular weight excluding hydrogens is 385 g/mol. The van der Waals surface area contributed by atoms with Crippen LogP contribution in [-0.2, 0) is 11.2 Å². The van der Waals surface area contributed by atoms with Gasteiger partial charge in [-0.25, -0.2) is 0 Å². The van der Waals surface area contributed by atoms with Crippen molar-refractivity contribution in [1.29, 1.82) is 0 Å². The molecule has 0 aromatic carbocycles. The molecule has 13 heavy (non-hydrogen) atoms. The first-order valence-corrected chi connectivity index (χ1v) is 7.05. The Morgan fingerprint density at radius 2 is 2.54 bits per heavy atom. The minimum absolute atomic E-state index is 0.259. The van der Waals surface area contributed by atoms with Gasteiger partial charge in [0, 0.05) is 0 Å². The second kappa shape index (κ2) is 6.50. The average molecular weight is 394 g/mol. The summed E-state index contributed by atoms with van der Waals surface area (Å²) in [6.45, 7) is 0. The normalized spacial score (nSPS) is 10.2. The number of carbonyl (C=O) groups excluding carboxylic acids is 1. The number of carbonyl (C=O) groups is 1. The van der Waals surface area contributed by atoms with Gasteiger partial charge in [0.15, 0.2) is 0 Å². The summed E-state index contributed by atoms with van der Waals surface area (Å²) in [7, 11) is 0. The van der Waals surface area contributed by atoms with E-state index in [1.165, 1.54) is 43.2 Å². The molecule has 0 bridgehead atoms. The van der Waals surface area contributed by atoms with E-state index in [4.69, 9.17) is 4.52 Å². The fourth-order valence-corrected chi connectivity index (χ4v) is 2.74. The van der Waals surface area contributed by atoms with Gasteiger partial charge in [0.2, 0.25) is 0 Å². The molecule has 4 nitrogen and oxygen atoms in total. The molecule has 71 valence electrons. The molecule has 0 spiro atoms. The number of aryl methyl sites for hydroxylation is 1. The molecular formula is C7H9N2O2PoS. The second-order valence-corrected chi connectivity index (χ2v) is 5.00. The van der Waals surface area contributed by atoms with Crippen LogP contribution in [0.15, 0.2) is 10.9 Å². The van der Waals surface area contributed by atoms with Crippen LogP contribution in [0.25, 0.3) is 0 Å². The van der Waals surface area contributed by atoms with E-state index >= 15 is 0 Å². The van der Waals surface area contributed by atoms with Crippen molar-refractivity contribution in [3.63, 3.8) is 0 Å². The first kappa shape index (κ1) is 11.1. The third kappa shape index (κ3) is 4.73. The van der Waals surface area contributed by atoms with Crippen molar-refractivity contribution in [2.24, 2.45) is 0 Å². The molecule has 1 radical (unpaired) electrons. The molecule has 0 saturated carbocycles. The van der Waals surface area contributed by atoms with Crippen molar-refractivity contribution < 1.29 is 9.32 Å². The number of nitrogens with zero attached hydrogens (tertiary/aromatic N) is 2. The summed E-state index contributed by atoms with van der Waals surface area (Å²) in [4.78, 5) is 14.9. The number of hydrogen-bond donors (Lipinski definition) is 0. The Morgan fingerprint density at radius 1 is 1.69 bits per heavy atom. The molecule has 1 heterocycles. The molecule has 0 N–H and O–H groups in total. The summed E-state index contributed by atoms with van der Waals surface area (Å²) in [5, 5.41) is 3.74. The van der Waals surface area contributed by atoms with Crippen LogP contribution in [0.3, 0.4) is 0 Å². The quantitative estimate of drug-likeness (QED) is 0.742. The van der Waals surface area contributed by atoms with Crippen LogP contribution in [0.1, 0.15) is 12.3 Å². The summed E-state index contributed by atoms with van der Waals surface area (Å²) in [5.41, 5.74) is 0. The molecule has 1 rings (SSSR count). The Morgan fingerprint density at radius 3 is 3.15 bits per heavy atom. The van der Waals surface area contributed by atoms with Gasteiger partial charge in [-0.05, 0) is 0 Å². The van der Waals surface area contributed by atoms with Gasteiger partial charge < -0.3 is 0 Å². The second-order valence-electron chi connectivity index (χ2n) is 2.26. The Bertz CT molecular complexity index is 253. The number of aromatic nitrogens is 2. The van der Waals surface area contributed by atoms with Crippen LogP contribution in [0.4, 0.5) is 0 Å². The molecule has 0 aliphatic carbocycles. The van der Waals surface area contributed by atoms with E-state index in [0.29, 0.717) is 18.7 Å². The van der Waals surface area contributed by atoms with Gasteiger partial charge in [0.25, 0.3) is 0 Å². The van der Waals surface area contributed by atoms with E-state index in [9.17, 15) is 4.79 Å². The first-order valence-electron chi connectivity index (χ1n) is 3.82. The minimum atomic E-state index is 0.259. The van der Waals surface area contributed by atoms with Crippen LogP contribution in [0.5, 0.6) is 0 Å². The Balaban J connectivity index is 2.11.